The van der Waals surface area contributed by atoms with Gasteiger partial charge < -0.3 is 8.98 Å². The van der Waals surface area contributed by atoms with Gasteiger partial charge >= 0.3 is 0 Å². The number of allylic oxidation sites excluding steroid dienone is 1. The maximum atomic E-state index is 6.61. The van der Waals surface area contributed by atoms with E-state index in [9.17, 15) is 0 Å². The lowest BCUT2D eigenvalue weighted by molar-refractivity contribution is 0.506. The fourth-order valence-corrected chi connectivity index (χ4v) is 12.6. The molecule has 1 atom stereocenters. The van der Waals surface area contributed by atoms with Crippen molar-refractivity contribution in [1.82, 2.24) is 19.5 Å². The van der Waals surface area contributed by atoms with Crippen molar-refractivity contribution in [3.05, 3.63) is 131 Å². The first-order valence-corrected chi connectivity index (χ1v) is 23.9. The van der Waals surface area contributed by atoms with Gasteiger partial charge in [-0.3, -0.25) is 0 Å². The molecule has 0 N–H and O–H groups in total. The van der Waals surface area contributed by atoms with Crippen LogP contribution in [0.5, 0.6) is 0 Å². The van der Waals surface area contributed by atoms with Crippen molar-refractivity contribution in [1.29, 1.82) is 0 Å². The van der Waals surface area contributed by atoms with Gasteiger partial charge in [-0.15, -0.1) is 5.46 Å². The van der Waals surface area contributed by atoms with Gasteiger partial charge in [-0.25, -0.2) is 15.0 Å². The van der Waals surface area contributed by atoms with Crippen LogP contribution in [0, 0.1) is 13.8 Å². The van der Waals surface area contributed by atoms with Crippen molar-refractivity contribution in [3.63, 3.8) is 0 Å². The zero-order valence-electron chi connectivity index (χ0n) is 40.0. The number of hydrogen-bond acceptors (Lipinski definition) is 4. The molecule has 5 nitrogen and oxygen atoms in total. The molecule has 13 rings (SSSR count). The Kier molecular flexibility index (Phi) is 8.68. The number of benzene rings is 7. The van der Waals surface area contributed by atoms with Crippen molar-refractivity contribution in [2.24, 2.45) is 0 Å². The van der Waals surface area contributed by atoms with Gasteiger partial charge in [0.1, 0.15) is 79.9 Å². The van der Waals surface area contributed by atoms with Gasteiger partial charge in [-0.1, -0.05) is 157 Å². The Balaban J connectivity index is 1.05. The zero-order valence-corrected chi connectivity index (χ0v) is 40.0. The molecule has 3 aromatic heterocycles. The number of nitrogens with zero attached hydrogens (tertiary/aromatic N) is 4. The van der Waals surface area contributed by atoms with E-state index in [1.165, 1.54) is 121 Å². The summed E-state index contributed by atoms with van der Waals surface area (Å²) in [5, 5.41) is 3.87. The van der Waals surface area contributed by atoms with Crippen molar-refractivity contribution in [2.75, 3.05) is 0 Å². The van der Waals surface area contributed by atoms with Crippen LogP contribution in [0.15, 0.2) is 108 Å². The lowest BCUT2D eigenvalue weighted by Gasteiger charge is -2.28. The Labute approximate surface area is 398 Å². The summed E-state index contributed by atoms with van der Waals surface area (Å²) in [5.41, 5.74) is 31.0. The van der Waals surface area contributed by atoms with Gasteiger partial charge in [0.2, 0.25) is 6.71 Å². The molecule has 308 valence electrons. The van der Waals surface area contributed by atoms with E-state index in [0.717, 1.165) is 45.7 Å². The van der Waals surface area contributed by atoms with Gasteiger partial charge in [-0.05, 0) is 65.5 Å². The number of hydrogen-bond donors (Lipinski definition) is 0. The average molecular weight is 849 g/mol. The summed E-state index contributed by atoms with van der Waals surface area (Å²) < 4.78 is 9.28. The Morgan fingerprint density at radius 1 is 0.597 bits per heavy atom. The highest BCUT2D eigenvalue weighted by molar-refractivity contribution is 7.03. The van der Waals surface area contributed by atoms with E-state index < -0.39 is 0 Å². The number of rotatable bonds is 4. The smallest absolute Gasteiger partial charge is 0.247 e. The Morgan fingerprint density at radius 2 is 1.34 bits per heavy atom. The Hall–Kier alpha value is -6.79. The molecular weight excluding hydrogens is 806 g/mol. The van der Waals surface area contributed by atoms with E-state index in [1.807, 2.05) is 18.2 Å². The second kappa shape index (κ2) is 14.4. The van der Waals surface area contributed by atoms with E-state index in [1.54, 1.807) is 0 Å². The molecule has 14 heteroatoms. The molecule has 5 heterocycles. The second-order valence-electron chi connectivity index (χ2n) is 19.7. The lowest BCUT2D eigenvalue weighted by Crippen LogP contribution is -2.62. The first-order valence-electron chi connectivity index (χ1n) is 23.9. The quantitative estimate of drug-likeness (QED) is 0.175. The zero-order chi connectivity index (χ0) is 45.9. The summed E-state index contributed by atoms with van der Waals surface area (Å²) in [4.78, 5) is 15.9. The van der Waals surface area contributed by atoms with Crippen LogP contribution in [0.3, 0.4) is 0 Å². The predicted molar refractivity (Wildman–Crippen MR) is 307 cm³/mol. The van der Waals surface area contributed by atoms with Crippen molar-refractivity contribution in [3.8, 4) is 50.7 Å². The van der Waals surface area contributed by atoms with Gasteiger partial charge in [0.25, 0.3) is 0 Å². The average Bonchev–Trinajstić information content (AvgIpc) is 4.03. The summed E-state index contributed by atoms with van der Waals surface area (Å²) in [6, 6.07) is 35.0. The molecule has 10 aromatic rings. The van der Waals surface area contributed by atoms with Crippen LogP contribution in [-0.2, 0) is 0 Å². The molecule has 7 aromatic carbocycles. The minimum Gasteiger partial charge on any atom is -0.460 e. The van der Waals surface area contributed by atoms with E-state index in [0.29, 0.717) is 11.6 Å². The summed E-state index contributed by atoms with van der Waals surface area (Å²) in [5.74, 6) is 2.83. The third-order valence-electron chi connectivity index (χ3n) is 16.6. The topological polar surface area (TPSA) is 56.7 Å². The number of furan rings is 1. The third kappa shape index (κ3) is 5.41. The minimum atomic E-state index is -0.149. The molecule has 1 unspecified atom stereocenters. The fraction of sp³-hybridized carbons (Fsp3) is 0.0755. The largest absolute Gasteiger partial charge is 0.460 e. The maximum absolute atomic E-state index is 6.61. The van der Waals surface area contributed by atoms with Crippen LogP contribution >= 0.6 is 0 Å². The molecule has 3 aliphatic rings. The molecule has 0 saturated carbocycles. The molecule has 1 aliphatic carbocycles. The summed E-state index contributed by atoms with van der Waals surface area (Å²) in [6.07, 6.45) is 5.17. The van der Waals surface area contributed by atoms with Gasteiger partial charge in [0.15, 0.2) is 11.6 Å². The predicted octanol–water partition coefficient (Wildman–Crippen LogP) is -3.24. The lowest BCUT2D eigenvalue weighted by atomic mass is 9.35. The first kappa shape index (κ1) is 40.5. The second-order valence-corrected chi connectivity index (χ2v) is 19.7. The molecular formula is C53H43B9N4O. The molecule has 0 radical (unpaired) electrons. The third-order valence-corrected chi connectivity index (χ3v) is 16.6. The number of fused-ring (bicyclic) bond motifs is 11. The molecule has 0 spiro atoms. The molecule has 0 saturated heterocycles. The number of para-hydroxylation sites is 1. The summed E-state index contributed by atoms with van der Waals surface area (Å²) in [7, 11) is 18.7. The molecule has 67 heavy (non-hydrogen) atoms. The van der Waals surface area contributed by atoms with Crippen LogP contribution in [0.4, 0.5) is 0 Å². The summed E-state index contributed by atoms with van der Waals surface area (Å²) >= 11 is 0. The van der Waals surface area contributed by atoms with Gasteiger partial charge in [0, 0.05) is 44.2 Å². The van der Waals surface area contributed by atoms with Crippen molar-refractivity contribution >= 4 is 168 Å². The standard InChI is InChI=1S/C53H43B9N4O/c1-22-23(2)40(56)42(58)36(39(22)55)31-21-32(54)37-38-43(59)44(60)45(61)47-49(38)66(48(37)41(31)57)34-16-9-13-28-26-19-18-25(20-33(26)62(47)46(28)34)52-63-51(24-10-4-3-5-11-24)64-53(65-52)30-15-8-14-29-27-12-6-7-17-35(27)67-50(29)30/h3-14,16-21,30H,15,54-61H2,1-2H3. The van der Waals surface area contributed by atoms with Crippen LogP contribution in [0.25, 0.3) is 89.6 Å². The van der Waals surface area contributed by atoms with Crippen molar-refractivity contribution < 1.29 is 4.42 Å². The first-order chi connectivity index (χ1) is 32.4. The Bertz CT molecular complexity index is 3900. The van der Waals surface area contributed by atoms with E-state index in [-0.39, 0.29) is 12.6 Å². The highest BCUT2D eigenvalue weighted by atomic mass is 16.3. The van der Waals surface area contributed by atoms with E-state index in [2.05, 4.69) is 172 Å². The minimum absolute atomic E-state index is 0.0446. The fourth-order valence-electron chi connectivity index (χ4n) is 12.6. The van der Waals surface area contributed by atoms with Gasteiger partial charge in [-0.2, -0.15) is 0 Å². The Morgan fingerprint density at radius 3 is 2.15 bits per heavy atom. The maximum Gasteiger partial charge on any atom is 0.247 e. The van der Waals surface area contributed by atoms with Crippen LogP contribution in [0.2, 0.25) is 0 Å². The summed E-state index contributed by atoms with van der Waals surface area (Å²) in [6.45, 7) is 4.61. The monoisotopic (exact) mass is 850 g/mol. The van der Waals surface area contributed by atoms with Crippen LogP contribution in [0.1, 0.15) is 40.6 Å². The highest BCUT2D eigenvalue weighted by Crippen LogP contribution is 2.41. The SMILES string of the molecule is Bc1c(B)c(-c2cc(B)c3c4c(B)c(B)c(B)c5c4n(c3c2B)-c2cccc3c2B5c2cc(-c4nc(-c5ccccc5)nc(C5CC=Cc6c5oc5ccccc65)n4)ccc2-3)c(B)c(C)c1C. The van der Waals surface area contributed by atoms with Gasteiger partial charge in [0.05, 0.1) is 5.92 Å². The van der Waals surface area contributed by atoms with E-state index in [4.69, 9.17) is 19.4 Å². The number of aromatic nitrogens is 4. The normalized spacial score (nSPS) is 14.3. The molecule has 0 amide bonds. The van der Waals surface area contributed by atoms with Crippen LogP contribution < -0.4 is 60.1 Å². The van der Waals surface area contributed by atoms with Crippen LogP contribution in [-0.4, -0.2) is 89.0 Å². The van der Waals surface area contributed by atoms with E-state index >= 15 is 0 Å². The molecule has 0 bridgehead atoms. The molecule has 2 aliphatic heterocycles. The molecule has 0 fully saturated rings. The van der Waals surface area contributed by atoms with Crippen molar-refractivity contribution in [2.45, 2.75) is 26.2 Å². The highest BCUT2D eigenvalue weighted by Gasteiger charge is 2.43.